The highest BCUT2D eigenvalue weighted by Crippen LogP contribution is 2.14. The van der Waals surface area contributed by atoms with Crippen molar-refractivity contribution in [3.05, 3.63) is 5.82 Å². The Balaban J connectivity index is 2.31. The third-order valence-electron chi connectivity index (χ3n) is 2.16. The van der Waals surface area contributed by atoms with E-state index in [2.05, 4.69) is 21.6 Å². The van der Waals surface area contributed by atoms with Gasteiger partial charge >= 0.3 is 0 Å². The Morgan fingerprint density at radius 1 is 1.57 bits per heavy atom. The van der Waals surface area contributed by atoms with E-state index in [0.29, 0.717) is 5.92 Å². The maximum Gasteiger partial charge on any atom is 0.202 e. The molecular weight excluding hydrogens is 218 g/mol. The van der Waals surface area contributed by atoms with E-state index in [4.69, 9.17) is 11.6 Å². The molecule has 1 rings (SSSR count). The Hall–Kier alpha value is -0.350. The van der Waals surface area contributed by atoms with E-state index in [-0.39, 0.29) is 0 Å². The molecule has 0 aliphatic heterocycles. The number of anilines is 1. The molecule has 1 atom stereocenters. The highest BCUT2D eigenvalue weighted by Gasteiger charge is 2.06. The van der Waals surface area contributed by atoms with Crippen molar-refractivity contribution in [2.75, 3.05) is 17.7 Å². The van der Waals surface area contributed by atoms with Gasteiger partial charge in [0.05, 0.1) is 0 Å². The van der Waals surface area contributed by atoms with Crippen molar-refractivity contribution in [2.24, 2.45) is 5.92 Å². The van der Waals surface area contributed by atoms with Gasteiger partial charge in [0.25, 0.3) is 0 Å². The summed E-state index contributed by atoms with van der Waals surface area (Å²) in [7, 11) is 0. The third-order valence-corrected chi connectivity index (χ3v) is 3.15. The second kappa shape index (κ2) is 6.19. The first-order chi connectivity index (χ1) is 6.76. The van der Waals surface area contributed by atoms with Crippen molar-refractivity contribution in [3.63, 3.8) is 0 Å². The van der Waals surface area contributed by atoms with Crippen LogP contribution in [0.2, 0.25) is 0 Å². The molecule has 14 heavy (non-hydrogen) atoms. The number of aromatic nitrogens is 2. The van der Waals surface area contributed by atoms with E-state index in [1.165, 1.54) is 11.5 Å². The molecule has 0 bridgehead atoms. The summed E-state index contributed by atoms with van der Waals surface area (Å²) in [5.74, 6) is 2.20. The molecule has 3 nitrogen and oxygen atoms in total. The van der Waals surface area contributed by atoms with Crippen molar-refractivity contribution in [1.29, 1.82) is 0 Å². The van der Waals surface area contributed by atoms with Crippen molar-refractivity contribution < 1.29 is 0 Å². The fourth-order valence-corrected chi connectivity index (χ4v) is 2.09. The van der Waals surface area contributed by atoms with Gasteiger partial charge < -0.3 is 5.32 Å². The van der Waals surface area contributed by atoms with E-state index in [1.54, 1.807) is 0 Å². The lowest BCUT2D eigenvalue weighted by molar-refractivity contribution is 0.522. The van der Waals surface area contributed by atoms with Crippen LogP contribution in [0, 0.1) is 12.8 Å². The average Bonchev–Trinajstić information content (AvgIpc) is 2.59. The van der Waals surface area contributed by atoms with Gasteiger partial charge in [0.1, 0.15) is 5.82 Å². The smallest absolute Gasteiger partial charge is 0.202 e. The van der Waals surface area contributed by atoms with Crippen LogP contribution in [0.5, 0.6) is 0 Å². The molecule has 0 spiro atoms. The number of hydrogen-bond donors (Lipinski definition) is 1. The predicted octanol–water partition coefficient (Wildman–Crippen LogP) is 2.91. The summed E-state index contributed by atoms with van der Waals surface area (Å²) in [6.07, 6.45) is 2.21. The molecule has 1 aromatic rings. The molecule has 1 heterocycles. The quantitative estimate of drug-likeness (QED) is 0.768. The van der Waals surface area contributed by atoms with Crippen LogP contribution in [-0.4, -0.2) is 21.8 Å². The van der Waals surface area contributed by atoms with E-state index in [0.717, 1.165) is 36.2 Å². The summed E-state index contributed by atoms with van der Waals surface area (Å²) in [4.78, 5) is 4.24. The van der Waals surface area contributed by atoms with Gasteiger partial charge in [-0.25, -0.2) is 4.98 Å². The van der Waals surface area contributed by atoms with Gasteiger partial charge in [-0.15, -0.1) is 11.6 Å². The first-order valence-electron chi connectivity index (χ1n) is 4.86. The maximum absolute atomic E-state index is 5.71. The van der Waals surface area contributed by atoms with Gasteiger partial charge in [0.15, 0.2) is 0 Å². The normalized spacial score (nSPS) is 12.8. The van der Waals surface area contributed by atoms with Crippen LogP contribution in [0.4, 0.5) is 5.13 Å². The number of nitrogens with zero attached hydrogens (tertiary/aromatic N) is 2. The predicted molar refractivity (Wildman–Crippen MR) is 62.3 cm³/mol. The lowest BCUT2D eigenvalue weighted by atomic mass is 10.0. The molecule has 1 aromatic heterocycles. The molecule has 0 saturated heterocycles. The zero-order valence-corrected chi connectivity index (χ0v) is 10.2. The van der Waals surface area contributed by atoms with Crippen LogP contribution in [0.3, 0.4) is 0 Å². The minimum Gasteiger partial charge on any atom is -0.360 e. The van der Waals surface area contributed by atoms with Crippen LogP contribution < -0.4 is 5.32 Å². The second-order valence-corrected chi connectivity index (χ2v) is 4.41. The van der Waals surface area contributed by atoms with Gasteiger partial charge in [0.2, 0.25) is 5.13 Å². The molecule has 0 aromatic carbocycles. The van der Waals surface area contributed by atoms with Crippen molar-refractivity contribution >= 4 is 28.3 Å². The molecule has 1 unspecified atom stereocenters. The zero-order valence-electron chi connectivity index (χ0n) is 8.59. The summed E-state index contributed by atoms with van der Waals surface area (Å²) in [6.45, 7) is 5.03. The molecule has 0 saturated carbocycles. The second-order valence-electron chi connectivity index (χ2n) is 3.28. The minimum atomic E-state index is 0.636. The van der Waals surface area contributed by atoms with Crippen LogP contribution >= 0.6 is 23.1 Å². The van der Waals surface area contributed by atoms with E-state index < -0.39 is 0 Å². The Morgan fingerprint density at radius 2 is 2.36 bits per heavy atom. The maximum atomic E-state index is 5.71. The summed E-state index contributed by atoms with van der Waals surface area (Å²) >= 11 is 7.12. The van der Waals surface area contributed by atoms with Crippen molar-refractivity contribution in [3.8, 4) is 0 Å². The van der Waals surface area contributed by atoms with Crippen LogP contribution in [-0.2, 0) is 0 Å². The van der Waals surface area contributed by atoms with E-state index >= 15 is 0 Å². The molecule has 1 N–H and O–H groups in total. The SMILES string of the molecule is CCC(CCCl)CNc1nc(C)ns1. The third kappa shape index (κ3) is 3.80. The van der Waals surface area contributed by atoms with Crippen LogP contribution in [0.15, 0.2) is 0 Å². The molecule has 0 radical (unpaired) electrons. The molecule has 0 amide bonds. The molecule has 80 valence electrons. The number of alkyl halides is 1. The summed E-state index contributed by atoms with van der Waals surface area (Å²) in [5.41, 5.74) is 0. The van der Waals surface area contributed by atoms with Crippen molar-refractivity contribution in [1.82, 2.24) is 9.36 Å². The molecule has 0 fully saturated rings. The van der Waals surface area contributed by atoms with Gasteiger partial charge in [-0.1, -0.05) is 13.3 Å². The van der Waals surface area contributed by atoms with E-state index in [1.807, 2.05) is 6.92 Å². The number of aryl methyl sites for hydroxylation is 1. The Labute approximate surface area is 94.1 Å². The topological polar surface area (TPSA) is 37.8 Å². The monoisotopic (exact) mass is 233 g/mol. The number of nitrogens with one attached hydrogen (secondary N) is 1. The first kappa shape index (κ1) is 11.7. The zero-order chi connectivity index (χ0) is 10.4. The summed E-state index contributed by atoms with van der Waals surface area (Å²) in [5, 5.41) is 4.20. The molecular formula is C9H16ClN3S. The fourth-order valence-electron chi connectivity index (χ4n) is 1.21. The molecule has 0 aliphatic carbocycles. The van der Waals surface area contributed by atoms with Gasteiger partial charge in [0, 0.05) is 24.0 Å². The lowest BCUT2D eigenvalue weighted by Crippen LogP contribution is -2.13. The molecule has 0 aliphatic rings. The Morgan fingerprint density at radius 3 is 2.86 bits per heavy atom. The number of hydrogen-bond acceptors (Lipinski definition) is 4. The number of rotatable bonds is 6. The lowest BCUT2D eigenvalue weighted by Gasteiger charge is -2.12. The Bertz CT molecular complexity index is 264. The number of halogens is 1. The largest absolute Gasteiger partial charge is 0.360 e. The summed E-state index contributed by atoms with van der Waals surface area (Å²) in [6, 6.07) is 0. The summed E-state index contributed by atoms with van der Waals surface area (Å²) < 4.78 is 4.11. The molecule has 5 heteroatoms. The fraction of sp³-hybridized carbons (Fsp3) is 0.778. The first-order valence-corrected chi connectivity index (χ1v) is 6.17. The van der Waals surface area contributed by atoms with E-state index in [9.17, 15) is 0 Å². The van der Waals surface area contributed by atoms with Crippen molar-refractivity contribution in [2.45, 2.75) is 26.7 Å². The Kier molecular flexibility index (Phi) is 5.19. The minimum absolute atomic E-state index is 0.636. The highest BCUT2D eigenvalue weighted by atomic mass is 35.5. The highest BCUT2D eigenvalue weighted by molar-refractivity contribution is 7.09. The van der Waals surface area contributed by atoms with Gasteiger partial charge in [-0.2, -0.15) is 4.37 Å². The van der Waals surface area contributed by atoms with Gasteiger partial charge in [-0.3, -0.25) is 0 Å². The van der Waals surface area contributed by atoms with Crippen LogP contribution in [0.25, 0.3) is 0 Å². The van der Waals surface area contributed by atoms with Gasteiger partial charge in [-0.05, 0) is 19.3 Å². The average molecular weight is 234 g/mol. The standard InChI is InChI=1S/C9H16ClN3S/c1-3-8(4-5-10)6-11-9-12-7(2)13-14-9/h8H,3-6H2,1-2H3,(H,11,12,13). The van der Waals surface area contributed by atoms with Crippen LogP contribution in [0.1, 0.15) is 25.6 Å².